The summed E-state index contributed by atoms with van der Waals surface area (Å²) in [6, 6.07) is 7.18. The van der Waals surface area contributed by atoms with Gasteiger partial charge in [0.15, 0.2) is 0 Å². The van der Waals surface area contributed by atoms with Gasteiger partial charge in [-0.25, -0.2) is 0 Å². The van der Waals surface area contributed by atoms with E-state index < -0.39 is 0 Å². The first-order valence-electron chi connectivity index (χ1n) is 8.50. The molecule has 0 aliphatic carbocycles. The van der Waals surface area contributed by atoms with Gasteiger partial charge in [0.25, 0.3) is 0 Å². The van der Waals surface area contributed by atoms with Gasteiger partial charge >= 0.3 is 0 Å². The molecule has 1 heteroatoms. The summed E-state index contributed by atoms with van der Waals surface area (Å²) >= 11 is 0. The highest BCUT2D eigenvalue weighted by atomic mass is 14.8. The van der Waals surface area contributed by atoms with E-state index in [9.17, 15) is 0 Å². The Morgan fingerprint density at radius 3 is 2.80 bits per heavy atom. The van der Waals surface area contributed by atoms with Crippen LogP contribution < -0.4 is 5.32 Å². The maximum atomic E-state index is 3.60. The van der Waals surface area contributed by atoms with E-state index in [4.69, 9.17) is 0 Å². The number of fused-ring (bicyclic) bond motifs is 1. The summed E-state index contributed by atoms with van der Waals surface area (Å²) < 4.78 is 0. The van der Waals surface area contributed by atoms with E-state index in [-0.39, 0.29) is 0 Å². The van der Waals surface area contributed by atoms with Crippen molar-refractivity contribution in [3.8, 4) is 0 Å². The zero-order valence-electron chi connectivity index (χ0n) is 13.5. The second-order valence-corrected chi connectivity index (χ2v) is 6.80. The molecule has 1 nitrogen and oxygen atoms in total. The zero-order valence-corrected chi connectivity index (χ0v) is 13.5. The topological polar surface area (TPSA) is 12.0 Å². The summed E-state index contributed by atoms with van der Waals surface area (Å²) in [4.78, 5) is 0. The summed E-state index contributed by atoms with van der Waals surface area (Å²) in [6.07, 6.45) is 7.71. The molecule has 1 N–H and O–H groups in total. The lowest BCUT2D eigenvalue weighted by Gasteiger charge is -2.23. The van der Waals surface area contributed by atoms with E-state index in [1.54, 1.807) is 11.1 Å². The lowest BCUT2D eigenvalue weighted by molar-refractivity contribution is 0.369. The summed E-state index contributed by atoms with van der Waals surface area (Å²) in [5.74, 6) is 1.68. The van der Waals surface area contributed by atoms with Crippen molar-refractivity contribution in [3.05, 3.63) is 34.9 Å². The standard InChI is InChI=1S/C19H31N/c1-4-16-7-8-18-9-11-20-10-5-6-17(12-15(2)3)14-19(18)13-16/h7-8,13,15,17,20H,4-6,9-12,14H2,1-3H3. The largest absolute Gasteiger partial charge is 0.316 e. The molecule has 1 aromatic rings. The molecule has 2 rings (SSSR count). The van der Waals surface area contributed by atoms with E-state index in [2.05, 4.69) is 44.3 Å². The van der Waals surface area contributed by atoms with Crippen LogP contribution in [0.1, 0.15) is 56.7 Å². The molecule has 0 saturated heterocycles. The normalized spacial score (nSPS) is 20.7. The van der Waals surface area contributed by atoms with Gasteiger partial charge in [0.2, 0.25) is 0 Å². The van der Waals surface area contributed by atoms with Crippen molar-refractivity contribution in [3.63, 3.8) is 0 Å². The van der Waals surface area contributed by atoms with Crippen molar-refractivity contribution in [2.24, 2.45) is 11.8 Å². The molecule has 1 unspecified atom stereocenters. The van der Waals surface area contributed by atoms with E-state index in [1.807, 2.05) is 0 Å². The van der Waals surface area contributed by atoms with Crippen molar-refractivity contribution in [2.75, 3.05) is 13.1 Å². The summed E-state index contributed by atoms with van der Waals surface area (Å²) in [5, 5.41) is 3.60. The Balaban J connectivity index is 2.20. The van der Waals surface area contributed by atoms with Crippen LogP contribution in [0.4, 0.5) is 0 Å². The third-order valence-electron chi connectivity index (χ3n) is 4.53. The third-order valence-corrected chi connectivity index (χ3v) is 4.53. The predicted octanol–water partition coefficient (Wildman–Crippen LogP) is 4.38. The van der Waals surface area contributed by atoms with Crippen molar-refractivity contribution in [1.82, 2.24) is 5.32 Å². The maximum Gasteiger partial charge on any atom is -0.000825 e. The molecule has 0 fully saturated rings. The highest BCUT2D eigenvalue weighted by Gasteiger charge is 2.15. The number of rotatable bonds is 3. The molecule has 1 aromatic carbocycles. The van der Waals surface area contributed by atoms with Crippen LogP contribution in [0.25, 0.3) is 0 Å². The molecular weight excluding hydrogens is 242 g/mol. The molecule has 20 heavy (non-hydrogen) atoms. The molecule has 1 atom stereocenters. The van der Waals surface area contributed by atoms with Gasteiger partial charge in [-0.2, -0.15) is 0 Å². The van der Waals surface area contributed by atoms with E-state index >= 15 is 0 Å². The SMILES string of the molecule is CCc1ccc2c(c1)CC(CC(C)C)CCCNCC2. The van der Waals surface area contributed by atoms with Crippen molar-refractivity contribution in [1.29, 1.82) is 0 Å². The van der Waals surface area contributed by atoms with Crippen LogP contribution in [-0.2, 0) is 19.3 Å². The number of nitrogens with one attached hydrogen (secondary N) is 1. The second kappa shape index (κ2) is 7.83. The molecule has 0 bridgehead atoms. The molecule has 0 radical (unpaired) electrons. The first-order valence-corrected chi connectivity index (χ1v) is 8.50. The van der Waals surface area contributed by atoms with Gasteiger partial charge in [-0.3, -0.25) is 0 Å². The summed E-state index contributed by atoms with van der Waals surface area (Å²) in [6.45, 7) is 9.31. The van der Waals surface area contributed by atoms with Crippen LogP contribution in [0.5, 0.6) is 0 Å². The minimum absolute atomic E-state index is 0.814. The highest BCUT2D eigenvalue weighted by molar-refractivity contribution is 5.33. The average Bonchev–Trinajstić information content (AvgIpc) is 2.43. The lowest BCUT2D eigenvalue weighted by Crippen LogP contribution is -2.22. The fourth-order valence-electron chi connectivity index (χ4n) is 3.48. The van der Waals surface area contributed by atoms with Crippen LogP contribution in [0.15, 0.2) is 18.2 Å². The van der Waals surface area contributed by atoms with Crippen LogP contribution >= 0.6 is 0 Å². The Kier molecular flexibility index (Phi) is 6.09. The fraction of sp³-hybridized carbons (Fsp3) is 0.684. The Labute approximate surface area is 125 Å². The number of hydrogen-bond donors (Lipinski definition) is 1. The molecular formula is C19H31N. The molecule has 112 valence electrons. The third kappa shape index (κ3) is 4.63. The van der Waals surface area contributed by atoms with Crippen molar-refractivity contribution < 1.29 is 0 Å². The highest BCUT2D eigenvalue weighted by Crippen LogP contribution is 2.25. The first kappa shape index (κ1) is 15.6. The van der Waals surface area contributed by atoms with Crippen molar-refractivity contribution >= 4 is 0 Å². The van der Waals surface area contributed by atoms with Crippen LogP contribution in [0, 0.1) is 11.8 Å². The van der Waals surface area contributed by atoms with Crippen LogP contribution in [-0.4, -0.2) is 13.1 Å². The molecule has 0 spiro atoms. The maximum absolute atomic E-state index is 3.60. The molecule has 0 amide bonds. The van der Waals surface area contributed by atoms with E-state index in [1.165, 1.54) is 44.2 Å². The monoisotopic (exact) mass is 273 g/mol. The molecule has 1 aliphatic heterocycles. The van der Waals surface area contributed by atoms with E-state index in [0.29, 0.717) is 0 Å². The summed E-state index contributed by atoms with van der Waals surface area (Å²) in [5.41, 5.74) is 4.70. The Bertz CT molecular complexity index is 408. The van der Waals surface area contributed by atoms with Gasteiger partial charge in [-0.15, -0.1) is 0 Å². The van der Waals surface area contributed by atoms with Gasteiger partial charge in [-0.1, -0.05) is 39.0 Å². The van der Waals surface area contributed by atoms with E-state index in [0.717, 1.165) is 24.8 Å². The lowest BCUT2D eigenvalue weighted by atomic mass is 9.84. The van der Waals surface area contributed by atoms with Gasteiger partial charge in [0.05, 0.1) is 0 Å². The number of aryl methyl sites for hydroxylation is 1. The molecule has 1 aliphatic rings. The average molecular weight is 273 g/mol. The summed E-state index contributed by atoms with van der Waals surface area (Å²) in [7, 11) is 0. The van der Waals surface area contributed by atoms with Gasteiger partial charge in [-0.05, 0) is 80.1 Å². The predicted molar refractivity (Wildman–Crippen MR) is 88.3 cm³/mol. The quantitative estimate of drug-likeness (QED) is 0.862. The minimum atomic E-state index is 0.814. The van der Waals surface area contributed by atoms with Crippen LogP contribution in [0.2, 0.25) is 0 Å². The Morgan fingerprint density at radius 1 is 1.20 bits per heavy atom. The molecule has 1 heterocycles. The van der Waals surface area contributed by atoms with Gasteiger partial charge < -0.3 is 5.32 Å². The zero-order chi connectivity index (χ0) is 14.4. The number of benzene rings is 1. The Hall–Kier alpha value is -0.820. The molecule has 0 saturated carbocycles. The smallest absolute Gasteiger partial charge is 0.000825 e. The minimum Gasteiger partial charge on any atom is -0.316 e. The Morgan fingerprint density at radius 2 is 2.05 bits per heavy atom. The van der Waals surface area contributed by atoms with Gasteiger partial charge in [0, 0.05) is 0 Å². The fourth-order valence-corrected chi connectivity index (χ4v) is 3.48. The first-order chi connectivity index (χ1) is 9.69. The number of hydrogen-bond acceptors (Lipinski definition) is 1. The molecule has 0 aromatic heterocycles. The van der Waals surface area contributed by atoms with Gasteiger partial charge in [0.1, 0.15) is 0 Å². The van der Waals surface area contributed by atoms with Crippen molar-refractivity contribution in [2.45, 2.75) is 59.3 Å². The van der Waals surface area contributed by atoms with Crippen LogP contribution in [0.3, 0.4) is 0 Å². The second-order valence-electron chi connectivity index (χ2n) is 6.80.